The van der Waals surface area contributed by atoms with Crippen LogP contribution < -0.4 is 0 Å². The fourth-order valence-corrected chi connectivity index (χ4v) is 4.34. The average Bonchev–Trinajstić information content (AvgIpc) is 3.48. The van der Waals surface area contributed by atoms with Gasteiger partial charge in [0.25, 0.3) is 5.91 Å². The zero-order valence-electron chi connectivity index (χ0n) is 15.3. The molecule has 6 heteroatoms. The molecule has 1 amide bonds. The van der Waals surface area contributed by atoms with E-state index < -0.39 is 0 Å². The van der Waals surface area contributed by atoms with Crippen LogP contribution in [0.4, 0.5) is 0 Å². The van der Waals surface area contributed by atoms with Crippen molar-refractivity contribution in [2.75, 3.05) is 26.2 Å². The van der Waals surface area contributed by atoms with E-state index in [4.69, 9.17) is 8.83 Å². The van der Waals surface area contributed by atoms with Crippen LogP contribution in [0.2, 0.25) is 0 Å². The minimum atomic E-state index is -0.0330. The molecule has 1 saturated heterocycles. The Hall–Kier alpha value is -2.83. The number of rotatable bonds is 4. The maximum Gasteiger partial charge on any atom is 0.289 e. The Kier molecular flexibility index (Phi) is 4.50. The van der Waals surface area contributed by atoms with Gasteiger partial charge in [-0.3, -0.25) is 9.69 Å². The van der Waals surface area contributed by atoms with Gasteiger partial charge in [-0.15, -0.1) is 0 Å². The quantitative estimate of drug-likeness (QED) is 0.505. The van der Waals surface area contributed by atoms with Gasteiger partial charge in [0.1, 0.15) is 11.3 Å². The van der Waals surface area contributed by atoms with Crippen molar-refractivity contribution in [3.05, 3.63) is 71.0 Å². The summed E-state index contributed by atoms with van der Waals surface area (Å²) in [6.07, 6.45) is 1.54. The molecule has 4 heterocycles. The summed E-state index contributed by atoms with van der Waals surface area (Å²) in [6, 6.07) is 14.1. The second-order valence-electron chi connectivity index (χ2n) is 7.02. The number of carbonyl (C=O) groups excluding carboxylic acids is 1. The van der Waals surface area contributed by atoms with Crippen LogP contribution in [0.15, 0.2) is 68.3 Å². The Labute approximate surface area is 166 Å². The maximum atomic E-state index is 12.4. The predicted molar refractivity (Wildman–Crippen MR) is 109 cm³/mol. The van der Waals surface area contributed by atoms with Gasteiger partial charge >= 0.3 is 0 Å². The van der Waals surface area contributed by atoms with Crippen molar-refractivity contribution >= 4 is 28.2 Å². The van der Waals surface area contributed by atoms with Crippen LogP contribution >= 0.6 is 11.3 Å². The number of furan rings is 2. The molecule has 0 radical (unpaired) electrons. The molecule has 0 bridgehead atoms. The molecule has 0 aliphatic carbocycles. The molecule has 4 aromatic rings. The number of hydrogen-bond acceptors (Lipinski definition) is 5. The third-order valence-electron chi connectivity index (χ3n) is 5.19. The van der Waals surface area contributed by atoms with Gasteiger partial charge in [-0.1, -0.05) is 6.07 Å². The fraction of sp³-hybridized carbons (Fsp3) is 0.227. The van der Waals surface area contributed by atoms with Crippen molar-refractivity contribution in [2.24, 2.45) is 0 Å². The minimum absolute atomic E-state index is 0.0330. The van der Waals surface area contributed by atoms with E-state index in [1.165, 1.54) is 17.4 Å². The van der Waals surface area contributed by atoms with Crippen LogP contribution in [0.1, 0.15) is 16.3 Å². The number of hydrogen-bond donors (Lipinski definition) is 0. The summed E-state index contributed by atoms with van der Waals surface area (Å²) in [7, 11) is 0. The third kappa shape index (κ3) is 3.37. The van der Waals surface area contributed by atoms with E-state index in [0.717, 1.165) is 36.4 Å². The lowest BCUT2D eigenvalue weighted by Crippen LogP contribution is -2.48. The van der Waals surface area contributed by atoms with Crippen molar-refractivity contribution in [1.29, 1.82) is 0 Å². The first-order chi connectivity index (χ1) is 13.8. The Morgan fingerprint density at radius 3 is 2.68 bits per heavy atom. The maximum absolute atomic E-state index is 12.4. The van der Waals surface area contributed by atoms with Gasteiger partial charge in [0.2, 0.25) is 0 Å². The lowest BCUT2D eigenvalue weighted by atomic mass is 10.1. The Balaban J connectivity index is 1.24. The molecule has 3 aromatic heterocycles. The first-order valence-electron chi connectivity index (χ1n) is 9.36. The second kappa shape index (κ2) is 7.30. The Bertz CT molecular complexity index is 1070. The molecule has 1 aliphatic heterocycles. The van der Waals surface area contributed by atoms with Gasteiger partial charge in [-0.05, 0) is 58.3 Å². The highest BCUT2D eigenvalue weighted by Gasteiger charge is 2.24. The monoisotopic (exact) mass is 392 g/mol. The van der Waals surface area contributed by atoms with Gasteiger partial charge in [-0.25, -0.2) is 0 Å². The number of benzene rings is 1. The molecule has 28 heavy (non-hydrogen) atoms. The summed E-state index contributed by atoms with van der Waals surface area (Å²) in [5.74, 6) is 1.34. The van der Waals surface area contributed by atoms with Crippen LogP contribution in [0.3, 0.4) is 0 Å². The molecule has 0 atom stereocenters. The molecule has 1 aliphatic rings. The topological polar surface area (TPSA) is 49.8 Å². The Morgan fingerprint density at radius 1 is 1.04 bits per heavy atom. The van der Waals surface area contributed by atoms with Crippen molar-refractivity contribution in [1.82, 2.24) is 9.80 Å². The largest absolute Gasteiger partial charge is 0.460 e. The van der Waals surface area contributed by atoms with Crippen LogP contribution in [-0.4, -0.2) is 41.9 Å². The number of amides is 1. The van der Waals surface area contributed by atoms with Crippen molar-refractivity contribution < 1.29 is 13.6 Å². The number of fused-ring (bicyclic) bond motifs is 1. The first-order valence-corrected chi connectivity index (χ1v) is 10.3. The smallest absolute Gasteiger partial charge is 0.289 e. The third-order valence-corrected chi connectivity index (χ3v) is 5.88. The molecule has 5 rings (SSSR count). The van der Waals surface area contributed by atoms with Gasteiger partial charge < -0.3 is 13.7 Å². The number of nitrogens with zero attached hydrogens (tertiary/aromatic N) is 2. The van der Waals surface area contributed by atoms with Crippen LogP contribution in [0.5, 0.6) is 0 Å². The van der Waals surface area contributed by atoms with Gasteiger partial charge in [-0.2, -0.15) is 11.3 Å². The molecule has 0 N–H and O–H groups in total. The van der Waals surface area contributed by atoms with Crippen LogP contribution in [-0.2, 0) is 6.54 Å². The lowest BCUT2D eigenvalue weighted by Gasteiger charge is -2.33. The molecule has 0 unspecified atom stereocenters. The Morgan fingerprint density at radius 2 is 1.93 bits per heavy atom. The second-order valence-corrected chi connectivity index (χ2v) is 7.80. The summed E-state index contributed by atoms with van der Waals surface area (Å²) in [6.45, 7) is 3.79. The zero-order chi connectivity index (χ0) is 18.9. The van der Waals surface area contributed by atoms with E-state index in [2.05, 4.69) is 39.9 Å². The average molecular weight is 392 g/mol. The van der Waals surface area contributed by atoms with E-state index in [0.29, 0.717) is 18.8 Å². The number of carbonyl (C=O) groups is 1. The minimum Gasteiger partial charge on any atom is -0.460 e. The summed E-state index contributed by atoms with van der Waals surface area (Å²) in [5.41, 5.74) is 3.37. The van der Waals surface area contributed by atoms with Crippen molar-refractivity contribution in [3.8, 4) is 11.1 Å². The fourth-order valence-electron chi connectivity index (χ4n) is 3.67. The number of thiophene rings is 1. The summed E-state index contributed by atoms with van der Waals surface area (Å²) in [5, 5.41) is 5.38. The standard InChI is InChI=1S/C22H20N2O3S/c25-22(21-2-1-10-26-21)24-8-6-23(7-9-24)14-19-13-18-12-16(3-4-20(18)27-19)17-5-11-28-15-17/h1-5,10-13,15H,6-9,14H2. The molecule has 0 spiro atoms. The lowest BCUT2D eigenvalue weighted by molar-refractivity contribution is 0.0590. The SMILES string of the molecule is O=C(c1ccco1)N1CCN(Cc2cc3cc(-c4ccsc4)ccc3o2)CC1. The molecule has 5 nitrogen and oxygen atoms in total. The summed E-state index contributed by atoms with van der Waals surface area (Å²) in [4.78, 5) is 16.5. The molecular weight excluding hydrogens is 372 g/mol. The van der Waals surface area contributed by atoms with Crippen molar-refractivity contribution in [2.45, 2.75) is 6.54 Å². The van der Waals surface area contributed by atoms with Crippen LogP contribution in [0, 0.1) is 0 Å². The highest BCUT2D eigenvalue weighted by molar-refractivity contribution is 7.08. The highest BCUT2D eigenvalue weighted by Crippen LogP contribution is 2.28. The molecule has 1 aromatic carbocycles. The van der Waals surface area contributed by atoms with E-state index in [-0.39, 0.29) is 5.91 Å². The van der Waals surface area contributed by atoms with E-state index >= 15 is 0 Å². The first kappa shape index (κ1) is 17.3. The molecule has 142 valence electrons. The summed E-state index contributed by atoms with van der Waals surface area (Å²) < 4.78 is 11.3. The molecular formula is C22H20N2O3S. The van der Waals surface area contributed by atoms with Gasteiger partial charge in [0, 0.05) is 31.6 Å². The summed E-state index contributed by atoms with van der Waals surface area (Å²) >= 11 is 1.71. The highest BCUT2D eigenvalue weighted by atomic mass is 32.1. The van der Waals surface area contributed by atoms with Crippen LogP contribution in [0.25, 0.3) is 22.1 Å². The predicted octanol–water partition coefficient (Wildman–Crippen LogP) is 4.71. The molecule has 0 saturated carbocycles. The van der Waals surface area contributed by atoms with Gasteiger partial charge in [0.05, 0.1) is 12.8 Å². The van der Waals surface area contributed by atoms with E-state index in [1.807, 2.05) is 11.0 Å². The molecule has 1 fully saturated rings. The van der Waals surface area contributed by atoms with Crippen molar-refractivity contribution in [3.63, 3.8) is 0 Å². The van der Waals surface area contributed by atoms with E-state index in [9.17, 15) is 4.79 Å². The van der Waals surface area contributed by atoms with Gasteiger partial charge in [0.15, 0.2) is 5.76 Å². The normalized spacial score (nSPS) is 15.4. The van der Waals surface area contributed by atoms with E-state index in [1.54, 1.807) is 23.5 Å². The zero-order valence-corrected chi connectivity index (χ0v) is 16.2. The number of piperazine rings is 1.